The number of fused-ring (bicyclic) bond motifs is 1. The molecule has 1 unspecified atom stereocenters. The third-order valence-corrected chi connectivity index (χ3v) is 5.00. The van der Waals surface area contributed by atoms with Crippen LogP contribution < -0.4 is 10.6 Å². The maximum absolute atomic E-state index is 12.3. The van der Waals surface area contributed by atoms with Gasteiger partial charge in [0.1, 0.15) is 5.00 Å². The highest BCUT2D eigenvalue weighted by molar-refractivity contribution is 7.17. The number of hydrogen-bond donors (Lipinski definition) is 2. The van der Waals surface area contributed by atoms with Gasteiger partial charge in [0.25, 0.3) is 0 Å². The molecule has 0 radical (unpaired) electrons. The minimum absolute atomic E-state index is 0.119. The predicted molar refractivity (Wildman–Crippen MR) is 88.7 cm³/mol. The summed E-state index contributed by atoms with van der Waals surface area (Å²) in [5.74, 6) is -0.445. The first-order valence-electron chi connectivity index (χ1n) is 7.94. The maximum Gasteiger partial charge on any atom is 0.341 e. The standard InChI is InChI=1S/C16H24N2O3S/c1-4-17-10(3)14(19)18-15-13(16(20)21-5-2)11-8-6-7-9-12(11)22-15/h10,17H,4-9H2,1-3H3,(H,18,19). The number of likely N-dealkylation sites (N-methyl/N-ethyl adjacent to an activating group) is 1. The molecule has 1 aliphatic rings. The number of carbonyl (C=O) groups is 2. The van der Waals surface area contributed by atoms with Crippen LogP contribution in [0.2, 0.25) is 0 Å². The van der Waals surface area contributed by atoms with Crippen LogP contribution in [0, 0.1) is 0 Å². The highest BCUT2D eigenvalue weighted by atomic mass is 32.1. The number of nitrogens with one attached hydrogen (secondary N) is 2. The first-order chi connectivity index (χ1) is 10.6. The van der Waals surface area contributed by atoms with Gasteiger partial charge in [0.2, 0.25) is 5.91 Å². The number of esters is 1. The zero-order chi connectivity index (χ0) is 16.1. The number of amides is 1. The van der Waals surface area contributed by atoms with Gasteiger partial charge in [-0.2, -0.15) is 0 Å². The number of rotatable bonds is 6. The molecule has 122 valence electrons. The van der Waals surface area contributed by atoms with Crippen molar-refractivity contribution in [3.05, 3.63) is 16.0 Å². The molecule has 1 aromatic rings. The van der Waals surface area contributed by atoms with Gasteiger partial charge in [0.15, 0.2) is 0 Å². The van der Waals surface area contributed by atoms with E-state index in [0.29, 0.717) is 17.2 Å². The quantitative estimate of drug-likeness (QED) is 0.790. The van der Waals surface area contributed by atoms with Crippen LogP contribution in [-0.4, -0.2) is 31.1 Å². The Labute approximate surface area is 135 Å². The van der Waals surface area contributed by atoms with E-state index in [0.717, 1.165) is 37.8 Å². The van der Waals surface area contributed by atoms with Crippen LogP contribution in [-0.2, 0) is 22.4 Å². The smallest absolute Gasteiger partial charge is 0.341 e. The summed E-state index contributed by atoms with van der Waals surface area (Å²) in [6.07, 6.45) is 4.08. The average molecular weight is 324 g/mol. The van der Waals surface area contributed by atoms with Crippen LogP contribution in [0.3, 0.4) is 0 Å². The molecule has 6 heteroatoms. The van der Waals surface area contributed by atoms with E-state index in [-0.39, 0.29) is 17.9 Å². The molecule has 1 aliphatic carbocycles. The fraction of sp³-hybridized carbons (Fsp3) is 0.625. The second-order valence-electron chi connectivity index (χ2n) is 5.40. The summed E-state index contributed by atoms with van der Waals surface area (Å²) >= 11 is 1.52. The van der Waals surface area contributed by atoms with Gasteiger partial charge in [-0.05, 0) is 51.6 Å². The molecule has 0 saturated carbocycles. The molecule has 0 saturated heterocycles. The summed E-state index contributed by atoms with van der Waals surface area (Å²) in [6.45, 7) is 6.63. The minimum Gasteiger partial charge on any atom is -0.462 e. The maximum atomic E-state index is 12.3. The molecular formula is C16H24N2O3S. The molecule has 1 atom stereocenters. The van der Waals surface area contributed by atoms with Crippen molar-refractivity contribution in [2.75, 3.05) is 18.5 Å². The van der Waals surface area contributed by atoms with E-state index in [1.165, 1.54) is 16.2 Å². The number of ether oxygens (including phenoxy) is 1. The van der Waals surface area contributed by atoms with Gasteiger partial charge in [-0.1, -0.05) is 6.92 Å². The summed E-state index contributed by atoms with van der Waals surface area (Å²) in [7, 11) is 0. The highest BCUT2D eigenvalue weighted by Gasteiger charge is 2.27. The Kier molecular flexibility index (Phi) is 5.97. The lowest BCUT2D eigenvalue weighted by molar-refractivity contribution is -0.117. The summed E-state index contributed by atoms with van der Waals surface area (Å²) in [5, 5.41) is 6.62. The predicted octanol–water partition coefficient (Wildman–Crippen LogP) is 2.74. The van der Waals surface area contributed by atoms with Gasteiger partial charge < -0.3 is 15.4 Å². The van der Waals surface area contributed by atoms with Crippen LogP contribution >= 0.6 is 11.3 Å². The van der Waals surface area contributed by atoms with Gasteiger partial charge in [-0.3, -0.25) is 4.79 Å². The van der Waals surface area contributed by atoms with E-state index in [9.17, 15) is 9.59 Å². The van der Waals surface area contributed by atoms with Crippen LogP contribution in [0.25, 0.3) is 0 Å². The third kappa shape index (κ3) is 3.67. The van der Waals surface area contributed by atoms with Crippen molar-refractivity contribution in [2.24, 2.45) is 0 Å². The largest absolute Gasteiger partial charge is 0.462 e. The van der Waals surface area contributed by atoms with Crippen molar-refractivity contribution in [3.63, 3.8) is 0 Å². The Bertz CT molecular complexity index is 554. The Balaban J connectivity index is 2.28. The van der Waals surface area contributed by atoms with E-state index in [1.807, 2.05) is 13.8 Å². The lowest BCUT2D eigenvalue weighted by Gasteiger charge is -2.14. The van der Waals surface area contributed by atoms with E-state index in [4.69, 9.17) is 4.74 Å². The van der Waals surface area contributed by atoms with Gasteiger partial charge in [0, 0.05) is 4.88 Å². The van der Waals surface area contributed by atoms with Crippen LogP contribution in [0.5, 0.6) is 0 Å². The van der Waals surface area contributed by atoms with Crippen molar-refractivity contribution >= 4 is 28.2 Å². The van der Waals surface area contributed by atoms with Crippen molar-refractivity contribution in [1.29, 1.82) is 0 Å². The molecule has 0 bridgehead atoms. The van der Waals surface area contributed by atoms with E-state index < -0.39 is 0 Å². The summed E-state index contributed by atoms with van der Waals surface area (Å²) < 4.78 is 5.18. The van der Waals surface area contributed by atoms with Crippen molar-refractivity contribution < 1.29 is 14.3 Å². The highest BCUT2D eigenvalue weighted by Crippen LogP contribution is 2.38. The van der Waals surface area contributed by atoms with Crippen molar-refractivity contribution in [1.82, 2.24) is 5.32 Å². The van der Waals surface area contributed by atoms with Gasteiger partial charge >= 0.3 is 5.97 Å². The Morgan fingerprint density at radius 2 is 2.00 bits per heavy atom. The molecule has 0 spiro atoms. The zero-order valence-corrected chi connectivity index (χ0v) is 14.3. The van der Waals surface area contributed by atoms with Gasteiger partial charge in [-0.15, -0.1) is 11.3 Å². The van der Waals surface area contributed by atoms with E-state index in [2.05, 4.69) is 10.6 Å². The molecule has 0 fully saturated rings. The molecule has 1 heterocycles. The molecule has 1 amide bonds. The van der Waals surface area contributed by atoms with Gasteiger partial charge in [-0.25, -0.2) is 4.79 Å². The monoisotopic (exact) mass is 324 g/mol. The Morgan fingerprint density at radius 1 is 1.27 bits per heavy atom. The molecular weight excluding hydrogens is 300 g/mol. The van der Waals surface area contributed by atoms with Gasteiger partial charge in [0.05, 0.1) is 18.2 Å². The fourth-order valence-electron chi connectivity index (χ4n) is 2.69. The fourth-order valence-corrected chi connectivity index (χ4v) is 3.97. The molecule has 0 aromatic carbocycles. The molecule has 5 nitrogen and oxygen atoms in total. The van der Waals surface area contributed by atoms with Crippen LogP contribution in [0.1, 0.15) is 54.4 Å². The first-order valence-corrected chi connectivity index (χ1v) is 8.76. The third-order valence-electron chi connectivity index (χ3n) is 3.79. The summed E-state index contributed by atoms with van der Waals surface area (Å²) in [6, 6.07) is -0.292. The van der Waals surface area contributed by atoms with Crippen LogP contribution in [0.15, 0.2) is 0 Å². The number of carbonyl (C=O) groups excluding carboxylic acids is 2. The van der Waals surface area contributed by atoms with Crippen molar-refractivity contribution in [2.45, 2.75) is 52.5 Å². The van der Waals surface area contributed by atoms with Crippen molar-refractivity contribution in [3.8, 4) is 0 Å². The molecule has 0 aliphatic heterocycles. The lowest BCUT2D eigenvalue weighted by Crippen LogP contribution is -2.37. The minimum atomic E-state index is -0.326. The molecule has 22 heavy (non-hydrogen) atoms. The number of thiophene rings is 1. The van der Waals surface area contributed by atoms with Crippen LogP contribution in [0.4, 0.5) is 5.00 Å². The zero-order valence-electron chi connectivity index (χ0n) is 13.5. The molecule has 2 rings (SSSR count). The Morgan fingerprint density at radius 3 is 2.68 bits per heavy atom. The first kappa shape index (κ1) is 17.0. The van der Waals surface area contributed by atoms with E-state index >= 15 is 0 Å². The number of hydrogen-bond acceptors (Lipinski definition) is 5. The molecule has 2 N–H and O–H groups in total. The molecule has 1 aromatic heterocycles. The normalized spacial score (nSPS) is 15.0. The SMILES string of the molecule is CCNC(C)C(=O)Nc1sc2c(c1C(=O)OCC)CCCC2. The Hall–Kier alpha value is -1.40. The van der Waals surface area contributed by atoms with E-state index in [1.54, 1.807) is 6.92 Å². The summed E-state index contributed by atoms with van der Waals surface area (Å²) in [5.41, 5.74) is 1.64. The lowest BCUT2D eigenvalue weighted by atomic mass is 9.95. The number of aryl methyl sites for hydroxylation is 1. The summed E-state index contributed by atoms with van der Waals surface area (Å²) in [4.78, 5) is 25.7. The number of anilines is 1. The average Bonchev–Trinajstić information content (AvgIpc) is 2.85. The second kappa shape index (κ2) is 7.74. The topological polar surface area (TPSA) is 67.4 Å². The second-order valence-corrected chi connectivity index (χ2v) is 6.51.